The molecular weight excluding hydrogens is 490 g/mol. The summed E-state index contributed by atoms with van der Waals surface area (Å²) < 4.78 is 62.6. The number of halogens is 4. The number of nitrogens with one attached hydrogen (secondary N) is 1. The predicted octanol–water partition coefficient (Wildman–Crippen LogP) is 5.62. The molecule has 0 bridgehead atoms. The summed E-state index contributed by atoms with van der Waals surface area (Å²) in [5.41, 5.74) is 0.845. The van der Waals surface area contributed by atoms with Crippen molar-refractivity contribution in [3.63, 3.8) is 0 Å². The average Bonchev–Trinajstić information content (AvgIpc) is 2.85. The van der Waals surface area contributed by atoms with Crippen LogP contribution in [-0.4, -0.2) is 31.0 Å². The van der Waals surface area contributed by atoms with Gasteiger partial charge in [-0.05, 0) is 49.2 Å². The van der Waals surface area contributed by atoms with Crippen molar-refractivity contribution in [2.45, 2.75) is 33.0 Å². The molecule has 1 aliphatic heterocycles. The van der Waals surface area contributed by atoms with E-state index in [1.165, 1.54) is 41.2 Å². The van der Waals surface area contributed by atoms with Crippen LogP contribution in [0.2, 0.25) is 0 Å². The molecule has 0 spiro atoms. The first-order chi connectivity index (χ1) is 17.5. The Hall–Kier alpha value is -4.08. The number of anilines is 1. The van der Waals surface area contributed by atoms with Crippen LogP contribution in [0.5, 0.6) is 5.75 Å². The van der Waals surface area contributed by atoms with Crippen LogP contribution in [0.1, 0.15) is 45.6 Å². The number of benzene rings is 3. The number of carbonyl (C=O) groups is 2. The van der Waals surface area contributed by atoms with Gasteiger partial charge in [0.15, 0.2) is 0 Å². The fraction of sp³-hybridized carbons (Fsp3) is 0.259. The first-order valence-corrected chi connectivity index (χ1v) is 11.4. The second-order valence-corrected chi connectivity index (χ2v) is 8.89. The third kappa shape index (κ3) is 4.96. The molecule has 1 N–H and O–H groups in total. The van der Waals surface area contributed by atoms with Gasteiger partial charge in [-0.3, -0.25) is 9.69 Å². The van der Waals surface area contributed by atoms with Crippen LogP contribution >= 0.6 is 0 Å². The minimum Gasteiger partial charge on any atom is -0.497 e. The SMILES string of the molecule is COc1cc(F)c(CN2C(=O)N(C)[C@@H](C)c3ccc(C(=O)NCc4c(F)cc(C)cc4F)cc32)c(F)c1. The quantitative estimate of drug-likeness (QED) is 0.434. The molecule has 37 heavy (non-hydrogen) atoms. The summed E-state index contributed by atoms with van der Waals surface area (Å²) in [6, 6.07) is 8.06. The van der Waals surface area contributed by atoms with E-state index in [9.17, 15) is 27.2 Å². The summed E-state index contributed by atoms with van der Waals surface area (Å²) in [4.78, 5) is 28.6. The van der Waals surface area contributed by atoms with Crippen molar-refractivity contribution in [2.75, 3.05) is 19.1 Å². The van der Waals surface area contributed by atoms with Crippen molar-refractivity contribution in [3.8, 4) is 5.75 Å². The smallest absolute Gasteiger partial charge is 0.325 e. The molecule has 4 rings (SSSR count). The maximum atomic E-state index is 14.7. The Morgan fingerprint density at radius 3 is 2.16 bits per heavy atom. The highest BCUT2D eigenvalue weighted by Crippen LogP contribution is 2.38. The lowest BCUT2D eigenvalue weighted by Gasteiger charge is -2.39. The predicted molar refractivity (Wildman–Crippen MR) is 129 cm³/mol. The summed E-state index contributed by atoms with van der Waals surface area (Å²) in [7, 11) is 2.85. The number of hydrogen-bond donors (Lipinski definition) is 1. The molecule has 0 aliphatic carbocycles. The molecule has 6 nitrogen and oxygen atoms in total. The van der Waals surface area contributed by atoms with Gasteiger partial charge >= 0.3 is 6.03 Å². The van der Waals surface area contributed by atoms with Gasteiger partial charge in [0, 0.05) is 42.4 Å². The van der Waals surface area contributed by atoms with Gasteiger partial charge in [-0.1, -0.05) is 6.07 Å². The molecule has 3 amide bonds. The summed E-state index contributed by atoms with van der Waals surface area (Å²) in [6.45, 7) is 2.51. The van der Waals surface area contributed by atoms with Crippen LogP contribution in [0.4, 0.5) is 28.0 Å². The lowest BCUT2D eigenvalue weighted by atomic mass is 9.98. The fourth-order valence-corrected chi connectivity index (χ4v) is 4.27. The second kappa shape index (κ2) is 10.1. The van der Waals surface area contributed by atoms with Crippen molar-refractivity contribution in [1.82, 2.24) is 10.2 Å². The Labute approximate surface area is 211 Å². The largest absolute Gasteiger partial charge is 0.497 e. The molecule has 0 aromatic heterocycles. The first kappa shape index (κ1) is 26.0. The van der Waals surface area contributed by atoms with Crippen LogP contribution in [0, 0.1) is 30.2 Å². The van der Waals surface area contributed by atoms with Crippen molar-refractivity contribution in [3.05, 3.63) is 93.6 Å². The number of fused-ring (bicyclic) bond motifs is 1. The lowest BCUT2D eigenvalue weighted by Crippen LogP contribution is -2.47. The monoisotopic (exact) mass is 515 g/mol. The van der Waals surface area contributed by atoms with E-state index in [2.05, 4.69) is 5.32 Å². The van der Waals surface area contributed by atoms with Gasteiger partial charge in [0.25, 0.3) is 5.91 Å². The molecule has 0 unspecified atom stereocenters. The Bertz CT molecular complexity index is 1350. The molecule has 1 heterocycles. The minimum absolute atomic E-state index is 0.00438. The molecule has 0 fully saturated rings. The number of ether oxygens (including phenoxy) is 1. The summed E-state index contributed by atoms with van der Waals surface area (Å²) in [6.07, 6.45) is 0. The zero-order chi connectivity index (χ0) is 27.0. The number of rotatable bonds is 6. The van der Waals surface area contributed by atoms with Crippen LogP contribution in [0.25, 0.3) is 0 Å². The highest BCUT2D eigenvalue weighted by atomic mass is 19.1. The van der Waals surface area contributed by atoms with Gasteiger partial charge in [0.05, 0.1) is 25.4 Å². The van der Waals surface area contributed by atoms with Gasteiger partial charge in [0.1, 0.15) is 29.0 Å². The number of urea groups is 1. The molecule has 1 aliphatic rings. The lowest BCUT2D eigenvalue weighted by molar-refractivity contribution is 0.0950. The molecule has 0 saturated heterocycles. The number of aryl methyl sites for hydroxylation is 1. The van der Waals surface area contributed by atoms with Crippen molar-refractivity contribution in [2.24, 2.45) is 0 Å². The number of methoxy groups -OCH3 is 1. The summed E-state index contributed by atoms with van der Waals surface area (Å²) in [5, 5.41) is 2.48. The van der Waals surface area contributed by atoms with Crippen LogP contribution in [-0.2, 0) is 13.1 Å². The molecule has 10 heteroatoms. The molecular formula is C27H25F4N3O3. The van der Waals surface area contributed by atoms with Crippen molar-refractivity contribution in [1.29, 1.82) is 0 Å². The topological polar surface area (TPSA) is 61.9 Å². The molecule has 3 aromatic rings. The third-order valence-corrected chi connectivity index (χ3v) is 6.52. The van der Waals surface area contributed by atoms with Crippen LogP contribution < -0.4 is 15.0 Å². The third-order valence-electron chi connectivity index (χ3n) is 6.52. The van der Waals surface area contributed by atoms with E-state index in [0.717, 1.165) is 12.1 Å². The van der Waals surface area contributed by atoms with Crippen molar-refractivity contribution >= 4 is 17.6 Å². The zero-order valence-electron chi connectivity index (χ0n) is 20.7. The number of amides is 3. The maximum absolute atomic E-state index is 14.7. The summed E-state index contributed by atoms with van der Waals surface area (Å²) in [5.74, 6) is -3.97. The average molecular weight is 516 g/mol. The number of carbonyl (C=O) groups excluding carboxylic acids is 2. The Balaban J connectivity index is 1.66. The van der Waals surface area contributed by atoms with Gasteiger partial charge in [-0.25, -0.2) is 22.4 Å². The first-order valence-electron chi connectivity index (χ1n) is 11.4. The van der Waals surface area contributed by atoms with Crippen LogP contribution in [0.3, 0.4) is 0 Å². The minimum atomic E-state index is -0.886. The number of nitrogens with zero attached hydrogens (tertiary/aromatic N) is 2. The molecule has 1 atom stereocenters. The van der Waals surface area contributed by atoms with Crippen LogP contribution in [0.15, 0.2) is 42.5 Å². The summed E-state index contributed by atoms with van der Waals surface area (Å²) >= 11 is 0. The Kier molecular flexibility index (Phi) is 7.11. The van der Waals surface area contributed by atoms with E-state index < -0.39 is 48.3 Å². The Morgan fingerprint density at radius 1 is 0.973 bits per heavy atom. The van der Waals surface area contributed by atoms with E-state index in [-0.39, 0.29) is 28.5 Å². The van der Waals surface area contributed by atoms with Gasteiger partial charge in [-0.2, -0.15) is 0 Å². The van der Waals surface area contributed by atoms with Gasteiger partial charge in [-0.15, -0.1) is 0 Å². The molecule has 0 radical (unpaired) electrons. The normalized spacial score (nSPS) is 15.0. The van der Waals surface area contributed by atoms with E-state index >= 15 is 0 Å². The Morgan fingerprint density at radius 2 is 1.57 bits per heavy atom. The fourth-order valence-electron chi connectivity index (χ4n) is 4.27. The molecule has 3 aromatic carbocycles. The van der Waals surface area contributed by atoms with Gasteiger partial charge < -0.3 is 15.0 Å². The van der Waals surface area contributed by atoms with Gasteiger partial charge in [0.2, 0.25) is 0 Å². The van der Waals surface area contributed by atoms with E-state index in [1.807, 2.05) is 0 Å². The van der Waals surface area contributed by atoms with Crippen molar-refractivity contribution < 1.29 is 31.9 Å². The zero-order valence-corrected chi connectivity index (χ0v) is 20.7. The standard InChI is InChI=1S/C27H25F4N3O3/c1-14-7-21(28)19(22(29)8-14)12-32-26(35)16-5-6-18-15(2)33(3)27(36)34(25(18)9-16)13-20-23(30)10-17(37-4)11-24(20)31/h5-11,15H,12-13H2,1-4H3,(H,32,35)/t15-/m0/s1. The van der Waals surface area contributed by atoms with E-state index in [1.54, 1.807) is 27.0 Å². The second-order valence-electron chi connectivity index (χ2n) is 8.89. The molecule has 194 valence electrons. The van der Waals surface area contributed by atoms with E-state index in [4.69, 9.17) is 4.74 Å². The highest BCUT2D eigenvalue weighted by Gasteiger charge is 2.34. The number of hydrogen-bond acceptors (Lipinski definition) is 3. The maximum Gasteiger partial charge on any atom is 0.325 e. The highest BCUT2D eigenvalue weighted by molar-refractivity contribution is 5.99. The molecule has 0 saturated carbocycles. The van der Waals surface area contributed by atoms with E-state index in [0.29, 0.717) is 16.8 Å².